The number of nitrogen functional groups attached to an aromatic ring is 1. The minimum atomic E-state index is -0.239. The van der Waals surface area contributed by atoms with E-state index in [1.165, 1.54) is 35.9 Å². The van der Waals surface area contributed by atoms with E-state index in [-0.39, 0.29) is 11.7 Å². The minimum absolute atomic E-state index is 0.182. The van der Waals surface area contributed by atoms with Gasteiger partial charge in [-0.2, -0.15) is 5.10 Å². The van der Waals surface area contributed by atoms with E-state index in [4.69, 9.17) is 15.2 Å². The van der Waals surface area contributed by atoms with Crippen LogP contribution in [0, 0.1) is 0 Å². The van der Waals surface area contributed by atoms with Gasteiger partial charge in [0.05, 0.1) is 25.2 Å². The third-order valence-electron chi connectivity index (χ3n) is 3.67. The van der Waals surface area contributed by atoms with Crippen LogP contribution in [0.2, 0.25) is 0 Å². The normalized spacial score (nSPS) is 11.0. The van der Waals surface area contributed by atoms with Gasteiger partial charge in [0.25, 0.3) is 5.91 Å². The number of thioether (sulfide) groups is 1. The lowest BCUT2D eigenvalue weighted by atomic mass is 10.2. The second-order valence-corrected chi connectivity index (χ2v) is 8.27. The number of aromatic nitrogens is 2. The van der Waals surface area contributed by atoms with Gasteiger partial charge in [-0.1, -0.05) is 49.3 Å². The van der Waals surface area contributed by atoms with E-state index in [1.807, 2.05) is 25.1 Å². The molecule has 10 heteroatoms. The number of rotatable bonds is 13. The Bertz CT molecular complexity index is 798. The topological polar surface area (TPSA) is 112 Å². The monoisotopic (exact) mass is 437 g/mol. The molecule has 0 spiro atoms. The Labute approximate surface area is 179 Å². The van der Waals surface area contributed by atoms with Crippen molar-refractivity contribution in [2.24, 2.45) is 5.10 Å². The minimum Gasteiger partial charge on any atom is -0.490 e. The summed E-state index contributed by atoms with van der Waals surface area (Å²) >= 11 is 2.50. The molecule has 0 aliphatic rings. The number of anilines is 1. The van der Waals surface area contributed by atoms with Crippen LogP contribution in [0.4, 0.5) is 5.13 Å². The molecule has 1 heterocycles. The van der Waals surface area contributed by atoms with Crippen LogP contribution in [-0.4, -0.2) is 41.3 Å². The molecule has 29 heavy (non-hydrogen) atoms. The molecule has 0 aliphatic carbocycles. The van der Waals surface area contributed by atoms with Crippen molar-refractivity contribution in [1.82, 2.24) is 15.6 Å². The lowest BCUT2D eigenvalue weighted by molar-refractivity contribution is -0.118. The second-order valence-electron chi connectivity index (χ2n) is 6.04. The fraction of sp³-hybridized carbons (Fsp3) is 0.474. The van der Waals surface area contributed by atoms with Crippen molar-refractivity contribution in [2.75, 3.05) is 24.7 Å². The number of unbranched alkanes of at least 4 members (excludes halogenated alkanes) is 3. The van der Waals surface area contributed by atoms with Crippen molar-refractivity contribution in [1.29, 1.82) is 0 Å². The molecule has 1 amide bonds. The molecule has 0 aliphatic heterocycles. The van der Waals surface area contributed by atoms with Gasteiger partial charge in [-0.3, -0.25) is 4.79 Å². The maximum Gasteiger partial charge on any atom is 0.250 e. The molecule has 0 atom stereocenters. The Kier molecular flexibility index (Phi) is 10.3. The number of nitrogens with two attached hydrogens (primary N) is 1. The molecule has 1 aromatic heterocycles. The fourth-order valence-corrected chi connectivity index (χ4v) is 3.75. The number of carbonyl (C=O) groups excluding carboxylic acids is 1. The molecule has 1 aromatic carbocycles. The second kappa shape index (κ2) is 13.0. The molecule has 158 valence electrons. The van der Waals surface area contributed by atoms with Gasteiger partial charge in [0, 0.05) is 0 Å². The van der Waals surface area contributed by atoms with Crippen LogP contribution in [0.25, 0.3) is 0 Å². The van der Waals surface area contributed by atoms with Gasteiger partial charge in [-0.05, 0) is 37.1 Å². The summed E-state index contributed by atoms with van der Waals surface area (Å²) in [5, 5.41) is 11.9. The van der Waals surface area contributed by atoms with E-state index in [9.17, 15) is 4.79 Å². The largest absolute Gasteiger partial charge is 0.490 e. The van der Waals surface area contributed by atoms with E-state index in [0.29, 0.717) is 28.4 Å². The number of nitrogens with zero attached hydrogens (tertiary/aromatic N) is 3. The first kappa shape index (κ1) is 23.0. The molecule has 2 rings (SSSR count). The lowest BCUT2D eigenvalue weighted by Crippen LogP contribution is -2.19. The van der Waals surface area contributed by atoms with E-state index in [0.717, 1.165) is 24.2 Å². The number of ether oxygens (including phenoxy) is 2. The molecule has 0 saturated heterocycles. The summed E-state index contributed by atoms with van der Waals surface area (Å²) < 4.78 is 12.2. The molecule has 0 saturated carbocycles. The van der Waals surface area contributed by atoms with Crippen LogP contribution in [-0.2, 0) is 4.79 Å². The maximum absolute atomic E-state index is 11.9. The number of hydrogen-bond acceptors (Lipinski definition) is 9. The van der Waals surface area contributed by atoms with Crippen LogP contribution in [0.5, 0.6) is 11.5 Å². The predicted molar refractivity (Wildman–Crippen MR) is 118 cm³/mol. The molecular formula is C19H27N5O3S2. The van der Waals surface area contributed by atoms with Crippen LogP contribution in [0.15, 0.2) is 27.6 Å². The van der Waals surface area contributed by atoms with Crippen LogP contribution < -0.4 is 20.6 Å². The summed E-state index contributed by atoms with van der Waals surface area (Å²) in [5.74, 6) is 1.33. The van der Waals surface area contributed by atoms with Crippen molar-refractivity contribution < 1.29 is 14.3 Å². The number of carbonyl (C=O) groups is 1. The summed E-state index contributed by atoms with van der Waals surface area (Å²) in [6, 6.07) is 5.58. The van der Waals surface area contributed by atoms with Crippen molar-refractivity contribution in [2.45, 2.75) is 43.9 Å². The highest BCUT2D eigenvalue weighted by Gasteiger charge is 2.07. The molecule has 0 radical (unpaired) electrons. The SMILES string of the molecule is CCCCCCOc1ccc(C=NNC(=O)CSc2nnc(N)s2)cc1OCC. The van der Waals surface area contributed by atoms with E-state index >= 15 is 0 Å². The van der Waals surface area contributed by atoms with E-state index in [2.05, 4.69) is 27.6 Å². The molecule has 3 N–H and O–H groups in total. The summed E-state index contributed by atoms with van der Waals surface area (Å²) in [4.78, 5) is 11.9. The molecular weight excluding hydrogens is 410 g/mol. The van der Waals surface area contributed by atoms with Crippen molar-refractivity contribution >= 4 is 40.4 Å². The van der Waals surface area contributed by atoms with Crippen LogP contribution in [0.3, 0.4) is 0 Å². The molecule has 0 bridgehead atoms. The molecule has 2 aromatic rings. The highest BCUT2D eigenvalue weighted by Crippen LogP contribution is 2.28. The average Bonchev–Trinajstić information content (AvgIpc) is 3.13. The van der Waals surface area contributed by atoms with E-state index < -0.39 is 0 Å². The van der Waals surface area contributed by atoms with Gasteiger partial charge in [0.2, 0.25) is 5.13 Å². The maximum atomic E-state index is 11.9. The third-order valence-corrected chi connectivity index (χ3v) is 5.56. The summed E-state index contributed by atoms with van der Waals surface area (Å²) in [6.45, 7) is 5.32. The van der Waals surface area contributed by atoms with Crippen LogP contribution in [0.1, 0.15) is 45.1 Å². The quantitative estimate of drug-likeness (QED) is 0.213. The van der Waals surface area contributed by atoms with Gasteiger partial charge < -0.3 is 15.2 Å². The van der Waals surface area contributed by atoms with Crippen molar-refractivity contribution in [3.63, 3.8) is 0 Å². The third kappa shape index (κ3) is 8.70. The van der Waals surface area contributed by atoms with Gasteiger partial charge in [0.1, 0.15) is 0 Å². The Balaban J connectivity index is 1.83. The molecule has 0 fully saturated rings. The van der Waals surface area contributed by atoms with Gasteiger partial charge in [0.15, 0.2) is 15.8 Å². The summed E-state index contributed by atoms with van der Waals surface area (Å²) in [6.07, 6.45) is 6.17. The zero-order chi connectivity index (χ0) is 20.9. The Morgan fingerprint density at radius 1 is 1.24 bits per heavy atom. The Morgan fingerprint density at radius 3 is 2.83 bits per heavy atom. The van der Waals surface area contributed by atoms with E-state index in [1.54, 1.807) is 6.21 Å². The average molecular weight is 438 g/mol. The fourth-order valence-electron chi connectivity index (χ4n) is 2.32. The highest BCUT2D eigenvalue weighted by molar-refractivity contribution is 8.01. The summed E-state index contributed by atoms with van der Waals surface area (Å²) in [7, 11) is 0. The zero-order valence-electron chi connectivity index (χ0n) is 16.7. The number of nitrogens with one attached hydrogen (secondary N) is 1. The van der Waals surface area contributed by atoms with Crippen LogP contribution >= 0.6 is 23.1 Å². The Hall–Kier alpha value is -2.33. The van der Waals surface area contributed by atoms with Gasteiger partial charge in [-0.25, -0.2) is 5.43 Å². The number of hydrazone groups is 1. The predicted octanol–water partition coefficient (Wildman–Crippen LogP) is 3.72. The lowest BCUT2D eigenvalue weighted by Gasteiger charge is -2.12. The number of amides is 1. The first-order valence-electron chi connectivity index (χ1n) is 9.55. The smallest absolute Gasteiger partial charge is 0.250 e. The highest BCUT2D eigenvalue weighted by atomic mass is 32.2. The van der Waals surface area contributed by atoms with Gasteiger partial charge >= 0.3 is 0 Å². The molecule has 8 nitrogen and oxygen atoms in total. The molecule has 0 unspecified atom stereocenters. The number of benzene rings is 1. The number of hydrogen-bond donors (Lipinski definition) is 2. The standard InChI is InChI=1S/C19H27N5O3S2/c1-3-5-6-7-10-27-15-9-8-14(11-16(15)26-4-2)12-21-22-17(25)13-28-19-24-23-18(20)29-19/h8-9,11-12H,3-7,10,13H2,1-2H3,(H2,20,23)(H,22,25). The van der Waals surface area contributed by atoms with Gasteiger partial charge in [-0.15, -0.1) is 10.2 Å². The summed E-state index contributed by atoms with van der Waals surface area (Å²) in [5.41, 5.74) is 8.80. The first-order chi connectivity index (χ1) is 14.1. The first-order valence-corrected chi connectivity index (χ1v) is 11.4. The zero-order valence-corrected chi connectivity index (χ0v) is 18.4. The Morgan fingerprint density at radius 2 is 2.10 bits per heavy atom. The van der Waals surface area contributed by atoms with Crippen molar-refractivity contribution in [3.05, 3.63) is 23.8 Å². The van der Waals surface area contributed by atoms with Crippen molar-refractivity contribution in [3.8, 4) is 11.5 Å².